The predicted octanol–water partition coefficient (Wildman–Crippen LogP) is 2.94. The van der Waals surface area contributed by atoms with E-state index < -0.39 is 0 Å². The Morgan fingerprint density at radius 3 is 2.67 bits per heavy atom. The summed E-state index contributed by atoms with van der Waals surface area (Å²) in [4.78, 5) is 6.88. The second-order valence-corrected chi connectivity index (χ2v) is 6.61. The topological polar surface area (TPSA) is 96.4 Å². The van der Waals surface area contributed by atoms with Gasteiger partial charge in [0.1, 0.15) is 22.5 Å². The molecule has 1 aliphatic heterocycles. The van der Waals surface area contributed by atoms with Gasteiger partial charge in [-0.2, -0.15) is 5.10 Å². The first-order valence-electron chi connectivity index (χ1n) is 7.42. The molecule has 24 heavy (non-hydrogen) atoms. The molecular formula is C17H12N6S. The minimum Gasteiger partial charge on any atom is -0.383 e. The van der Waals surface area contributed by atoms with E-state index in [9.17, 15) is 0 Å². The summed E-state index contributed by atoms with van der Waals surface area (Å²) in [7, 11) is 0. The summed E-state index contributed by atoms with van der Waals surface area (Å²) in [5, 5.41) is 16.1. The van der Waals surface area contributed by atoms with Crippen LogP contribution in [-0.4, -0.2) is 19.7 Å². The van der Waals surface area contributed by atoms with E-state index in [-0.39, 0.29) is 5.49 Å². The Bertz CT molecular complexity index is 1170. The molecule has 116 valence electrons. The number of benzene rings is 2. The highest BCUT2D eigenvalue weighted by Crippen LogP contribution is 2.41. The lowest BCUT2D eigenvalue weighted by Crippen LogP contribution is -2.22. The molecule has 0 unspecified atom stereocenters. The minimum atomic E-state index is 0.283. The Labute approximate surface area is 140 Å². The van der Waals surface area contributed by atoms with E-state index in [1.54, 1.807) is 11.8 Å². The summed E-state index contributed by atoms with van der Waals surface area (Å²) in [6, 6.07) is 16.1. The Balaban J connectivity index is 2.04. The molecule has 1 aliphatic rings. The molecule has 0 saturated heterocycles. The number of nitrogens with two attached hydrogens (primary N) is 1. The van der Waals surface area contributed by atoms with Gasteiger partial charge in [-0.05, 0) is 18.2 Å². The number of anilines is 1. The molecule has 0 atom stereocenters. The number of nitrogens with one attached hydrogen (secondary N) is 2. The Kier molecular flexibility index (Phi) is 2.63. The Morgan fingerprint density at radius 1 is 1.04 bits per heavy atom. The Hall–Kier alpha value is -3.06. The monoisotopic (exact) mass is 332 g/mol. The van der Waals surface area contributed by atoms with Gasteiger partial charge in [0.05, 0.1) is 5.69 Å². The molecule has 0 radical (unpaired) electrons. The van der Waals surface area contributed by atoms with Crippen molar-refractivity contribution in [3.05, 3.63) is 54.0 Å². The smallest absolute Gasteiger partial charge is 0.188 e. The lowest BCUT2D eigenvalue weighted by molar-refractivity contribution is 0.904. The van der Waals surface area contributed by atoms with Crippen LogP contribution >= 0.6 is 11.8 Å². The van der Waals surface area contributed by atoms with Crippen molar-refractivity contribution in [3.8, 4) is 17.1 Å². The van der Waals surface area contributed by atoms with Gasteiger partial charge in [-0.15, -0.1) is 0 Å². The quantitative estimate of drug-likeness (QED) is 0.406. The van der Waals surface area contributed by atoms with Gasteiger partial charge in [-0.25, -0.2) is 4.98 Å². The summed E-state index contributed by atoms with van der Waals surface area (Å²) in [5.41, 5.74) is 8.62. The minimum absolute atomic E-state index is 0.283. The van der Waals surface area contributed by atoms with Crippen LogP contribution in [0.2, 0.25) is 0 Å². The van der Waals surface area contributed by atoms with Crippen LogP contribution in [0.25, 0.3) is 28.1 Å². The highest BCUT2D eigenvalue weighted by molar-refractivity contribution is 7.99. The number of fused-ring (bicyclic) bond motifs is 6. The van der Waals surface area contributed by atoms with Gasteiger partial charge in [0.2, 0.25) is 0 Å². The molecule has 0 saturated carbocycles. The summed E-state index contributed by atoms with van der Waals surface area (Å²) in [5.74, 6) is 1.06. The van der Waals surface area contributed by atoms with Crippen LogP contribution in [0.15, 0.2) is 58.3 Å². The van der Waals surface area contributed by atoms with E-state index in [0.29, 0.717) is 22.7 Å². The van der Waals surface area contributed by atoms with Crippen molar-refractivity contribution in [1.29, 1.82) is 5.41 Å². The molecule has 0 spiro atoms. The van der Waals surface area contributed by atoms with E-state index in [4.69, 9.17) is 16.1 Å². The van der Waals surface area contributed by atoms with Crippen LogP contribution in [0.4, 0.5) is 5.82 Å². The average molecular weight is 332 g/mol. The fourth-order valence-corrected chi connectivity index (χ4v) is 4.09. The van der Waals surface area contributed by atoms with Crippen molar-refractivity contribution in [2.45, 2.75) is 9.79 Å². The number of hydrogen-bond acceptors (Lipinski definition) is 5. The maximum atomic E-state index is 8.72. The van der Waals surface area contributed by atoms with Crippen LogP contribution in [-0.2, 0) is 0 Å². The first-order chi connectivity index (χ1) is 11.7. The van der Waals surface area contributed by atoms with Crippen molar-refractivity contribution in [1.82, 2.24) is 19.7 Å². The maximum Gasteiger partial charge on any atom is 0.188 e. The zero-order valence-corrected chi connectivity index (χ0v) is 13.3. The maximum absolute atomic E-state index is 8.72. The largest absolute Gasteiger partial charge is 0.383 e. The van der Waals surface area contributed by atoms with E-state index >= 15 is 0 Å². The third kappa shape index (κ3) is 1.70. The van der Waals surface area contributed by atoms with Gasteiger partial charge in [-0.1, -0.05) is 42.1 Å². The summed E-state index contributed by atoms with van der Waals surface area (Å²) < 4.78 is 1.85. The second kappa shape index (κ2) is 4.72. The van der Waals surface area contributed by atoms with Crippen molar-refractivity contribution >= 4 is 28.6 Å². The molecule has 0 aliphatic carbocycles. The molecule has 0 fully saturated rings. The number of nitrogen functional groups attached to an aromatic ring is 1. The fraction of sp³-hybridized carbons (Fsp3) is 0. The average Bonchev–Trinajstić information content (AvgIpc) is 2.90. The number of nitrogens with zero attached hydrogens (tertiary/aromatic N) is 3. The summed E-state index contributed by atoms with van der Waals surface area (Å²) >= 11 is 1.68. The lowest BCUT2D eigenvalue weighted by atomic mass is 10.2. The molecule has 0 amide bonds. The Morgan fingerprint density at radius 2 is 1.79 bits per heavy atom. The normalized spacial score (nSPS) is 12.3. The molecular weight excluding hydrogens is 320 g/mol. The van der Waals surface area contributed by atoms with Gasteiger partial charge in [-0.3, -0.25) is 15.1 Å². The molecule has 5 rings (SSSR count). The molecule has 4 aromatic rings. The summed E-state index contributed by atoms with van der Waals surface area (Å²) in [6.07, 6.45) is 0. The highest BCUT2D eigenvalue weighted by Gasteiger charge is 2.23. The summed E-state index contributed by atoms with van der Waals surface area (Å²) in [6.45, 7) is 0. The third-order valence-corrected chi connectivity index (χ3v) is 5.25. The van der Waals surface area contributed by atoms with Crippen LogP contribution in [0.1, 0.15) is 0 Å². The predicted molar refractivity (Wildman–Crippen MR) is 93.0 cm³/mol. The van der Waals surface area contributed by atoms with Crippen LogP contribution in [0.5, 0.6) is 0 Å². The molecule has 2 aromatic heterocycles. The zero-order chi connectivity index (χ0) is 16.3. The first kappa shape index (κ1) is 13.4. The number of aromatic nitrogens is 4. The first-order valence-corrected chi connectivity index (χ1v) is 8.23. The number of aromatic amines is 1. The van der Waals surface area contributed by atoms with Crippen LogP contribution < -0.4 is 11.2 Å². The van der Waals surface area contributed by atoms with Gasteiger partial charge in [0, 0.05) is 15.4 Å². The molecule has 4 N–H and O–H groups in total. The zero-order valence-electron chi connectivity index (χ0n) is 12.4. The van der Waals surface area contributed by atoms with Gasteiger partial charge in [0.25, 0.3) is 0 Å². The highest BCUT2D eigenvalue weighted by atomic mass is 32.2. The molecule has 7 heteroatoms. The fourth-order valence-electron chi connectivity index (χ4n) is 3.03. The van der Waals surface area contributed by atoms with Crippen molar-refractivity contribution in [3.63, 3.8) is 0 Å². The molecule has 3 heterocycles. The SMILES string of the molecule is N=c1c2c(N)[nH]nc2nc2n1-c1ccccc1Sc1ccccc1-2. The molecule has 2 aromatic carbocycles. The van der Waals surface area contributed by atoms with E-state index in [2.05, 4.69) is 22.3 Å². The molecule has 0 bridgehead atoms. The number of para-hydroxylation sites is 1. The molecule has 6 nitrogen and oxygen atoms in total. The van der Waals surface area contributed by atoms with E-state index in [1.807, 2.05) is 41.0 Å². The number of H-pyrrole nitrogens is 1. The standard InChI is InChI=1S/C17H12N6S/c18-14-13-15(19)23-10-6-2-4-8-12(10)24-11-7-3-1-5-9(11)17(23)20-16(13)22-21-14/h1-8,19H,(H3,18,21,22). The van der Waals surface area contributed by atoms with Crippen molar-refractivity contribution in [2.24, 2.45) is 0 Å². The van der Waals surface area contributed by atoms with Gasteiger partial charge < -0.3 is 5.73 Å². The lowest BCUT2D eigenvalue weighted by Gasteiger charge is -2.13. The van der Waals surface area contributed by atoms with E-state index in [0.717, 1.165) is 21.0 Å². The van der Waals surface area contributed by atoms with E-state index in [1.165, 1.54) is 0 Å². The number of hydrogen-bond donors (Lipinski definition) is 3. The van der Waals surface area contributed by atoms with Gasteiger partial charge >= 0.3 is 0 Å². The van der Waals surface area contributed by atoms with Gasteiger partial charge in [0.15, 0.2) is 5.65 Å². The number of rotatable bonds is 0. The second-order valence-electron chi connectivity index (χ2n) is 5.52. The third-order valence-electron chi connectivity index (χ3n) is 4.11. The van der Waals surface area contributed by atoms with Crippen molar-refractivity contribution in [2.75, 3.05) is 5.73 Å². The van der Waals surface area contributed by atoms with Crippen LogP contribution in [0, 0.1) is 5.41 Å². The van der Waals surface area contributed by atoms with Crippen molar-refractivity contribution < 1.29 is 0 Å². The van der Waals surface area contributed by atoms with Crippen LogP contribution in [0.3, 0.4) is 0 Å².